The van der Waals surface area contributed by atoms with Crippen LogP contribution >= 0.6 is 11.6 Å². The Labute approximate surface area is 557 Å². The van der Waals surface area contributed by atoms with Crippen LogP contribution in [-0.4, -0.2) is 33.6 Å². The first-order chi connectivity index (χ1) is 46.0. The number of halogens is 1. The fourth-order valence-electron chi connectivity index (χ4n) is 13.4. The SMILES string of the molecule is C.C.N#Cc1c(-c2ccccc2)nc(-c2ccccc2)nc1-n1c2ccccc2c2c3c4ccccc4n(-c4ccccc4)c3ccc21.N#Cc1c(Cl)nc(-c2ccccc2)nc1-c1ccccc1.[HH].c1ccc(-n2c3ccccc3c3c4c(ccc32)Cc2ccccc2-4)cc1. The number of fused-ring (bicyclic) bond motifs is 14. The van der Waals surface area contributed by atoms with Crippen LogP contribution in [0.2, 0.25) is 5.15 Å². The molecule has 5 heterocycles. The first kappa shape index (κ1) is 60.1. The van der Waals surface area contributed by atoms with E-state index in [0.29, 0.717) is 40.0 Å². The summed E-state index contributed by atoms with van der Waals surface area (Å²) in [4.78, 5) is 18.9. The summed E-state index contributed by atoms with van der Waals surface area (Å²) in [6, 6.07) is 108. The molecule has 0 fully saturated rings. The van der Waals surface area contributed by atoms with E-state index in [-0.39, 0.29) is 21.4 Å². The smallest absolute Gasteiger partial charge is 0.162 e. The van der Waals surface area contributed by atoms with Gasteiger partial charge in [0.25, 0.3) is 0 Å². The highest BCUT2D eigenvalue weighted by Gasteiger charge is 2.27. The van der Waals surface area contributed by atoms with E-state index in [4.69, 9.17) is 21.6 Å². The monoisotopic (exact) mass is 1240 g/mol. The molecule has 95 heavy (non-hydrogen) atoms. The predicted molar refractivity (Wildman–Crippen MR) is 394 cm³/mol. The topological polar surface area (TPSA) is 114 Å². The third-order valence-corrected chi connectivity index (χ3v) is 17.7. The van der Waals surface area contributed by atoms with Crippen molar-refractivity contribution in [1.82, 2.24) is 33.6 Å². The molecule has 5 aromatic heterocycles. The molecule has 0 aliphatic heterocycles. The number of hydrogen-bond donors (Lipinski definition) is 0. The minimum Gasteiger partial charge on any atom is -0.309 e. The number of rotatable bonds is 7. The Morgan fingerprint density at radius 1 is 0.326 bits per heavy atom. The highest BCUT2D eigenvalue weighted by molar-refractivity contribution is 6.31. The van der Waals surface area contributed by atoms with Crippen molar-refractivity contribution >= 4 is 77.0 Å². The van der Waals surface area contributed by atoms with E-state index in [1.54, 1.807) is 0 Å². The number of nitrogens with zero attached hydrogens (tertiary/aromatic N) is 9. The van der Waals surface area contributed by atoms with Crippen LogP contribution in [0, 0.1) is 22.7 Å². The van der Waals surface area contributed by atoms with Gasteiger partial charge in [-0.2, -0.15) is 10.5 Å². The first-order valence-corrected chi connectivity index (χ1v) is 31.1. The lowest BCUT2D eigenvalue weighted by Gasteiger charge is -2.14. The molecule has 0 N–H and O–H groups in total. The molecule has 1 aliphatic rings. The molecule has 9 nitrogen and oxygen atoms in total. The van der Waals surface area contributed by atoms with Crippen LogP contribution in [0.5, 0.6) is 0 Å². The lowest BCUT2D eigenvalue weighted by atomic mass is 9.99. The Balaban J connectivity index is 0.000000141. The molecule has 10 heteroatoms. The molecular weight excluding hydrogens is 1180 g/mol. The molecule has 1 aliphatic carbocycles. The van der Waals surface area contributed by atoms with Gasteiger partial charge in [0.2, 0.25) is 0 Å². The van der Waals surface area contributed by atoms with Gasteiger partial charge in [0.1, 0.15) is 23.3 Å². The van der Waals surface area contributed by atoms with Gasteiger partial charge in [-0.05, 0) is 89.3 Å². The Morgan fingerprint density at radius 3 is 1.19 bits per heavy atom. The first-order valence-electron chi connectivity index (χ1n) is 30.7. The zero-order valence-electron chi connectivity index (χ0n) is 50.0. The molecule has 0 amide bonds. The third-order valence-electron chi connectivity index (χ3n) is 17.4. The van der Waals surface area contributed by atoms with Crippen molar-refractivity contribution in [2.75, 3.05) is 0 Å². The summed E-state index contributed by atoms with van der Waals surface area (Å²) in [5, 5.41) is 27.5. The zero-order valence-corrected chi connectivity index (χ0v) is 50.7. The van der Waals surface area contributed by atoms with E-state index in [1.807, 2.05) is 133 Å². The maximum atomic E-state index is 10.8. The van der Waals surface area contributed by atoms with E-state index >= 15 is 0 Å². The maximum absolute atomic E-state index is 10.8. The van der Waals surface area contributed by atoms with Crippen molar-refractivity contribution in [2.24, 2.45) is 0 Å². The van der Waals surface area contributed by atoms with Gasteiger partial charge < -0.3 is 9.13 Å². The summed E-state index contributed by atoms with van der Waals surface area (Å²) < 4.78 is 6.88. The molecule has 17 aromatic rings. The molecule has 12 aromatic carbocycles. The molecule has 0 saturated carbocycles. The third kappa shape index (κ3) is 10.5. The molecule has 0 saturated heterocycles. The van der Waals surface area contributed by atoms with E-state index in [2.05, 4.69) is 206 Å². The van der Waals surface area contributed by atoms with Crippen molar-refractivity contribution in [3.8, 4) is 85.7 Å². The van der Waals surface area contributed by atoms with Crippen LogP contribution in [0.3, 0.4) is 0 Å². The normalized spacial score (nSPS) is 11.2. The van der Waals surface area contributed by atoms with Gasteiger partial charge in [0.15, 0.2) is 22.6 Å². The standard InChI is InChI=1S/C41H25N5.C25H17N.C17H10ClN3.2CH4.H2/c42-26-32-39(27-14-4-1-5-15-27)43-40(28-16-6-2-7-17-28)44-41(32)46-34-23-13-11-21-31(34)38-36(46)25-24-35-37(38)30-20-10-12-22-33(30)45(35)29-18-8-3-9-19-29;1-2-9-19(10-3-1)26-22-13-7-6-12-21(22)25-23(26)15-14-18-16-17-8-4-5-11-20(17)24(18)25;18-16-14(11-19)15(12-7-3-1-4-8-12)20-17(21-16)13-9-5-2-6-10-13;;;/h1-25H;1-15H,16H2;1-10H;2*1H4;1H. The Morgan fingerprint density at radius 2 is 0.695 bits per heavy atom. The Bertz CT molecular complexity index is 5800. The predicted octanol–water partition coefficient (Wildman–Crippen LogP) is 22.1. The number of nitriles is 2. The second-order valence-electron chi connectivity index (χ2n) is 22.8. The molecule has 18 rings (SSSR count). The fraction of sp³-hybridized carbons (Fsp3) is 0.0353. The summed E-state index contributed by atoms with van der Waals surface area (Å²) in [5.41, 5.74) is 20.2. The second-order valence-corrected chi connectivity index (χ2v) is 23.1. The average Bonchev–Trinajstić information content (AvgIpc) is 1.55. The van der Waals surface area contributed by atoms with Crippen LogP contribution in [-0.2, 0) is 6.42 Å². The fourth-order valence-corrected chi connectivity index (χ4v) is 13.6. The van der Waals surface area contributed by atoms with Gasteiger partial charge in [-0.25, -0.2) is 19.9 Å². The second kappa shape index (κ2) is 25.6. The lowest BCUT2D eigenvalue weighted by molar-refractivity contribution is 1.04. The van der Waals surface area contributed by atoms with Gasteiger partial charge in [0.05, 0.1) is 44.5 Å². The minimum absolute atomic E-state index is 0. The van der Waals surface area contributed by atoms with Crippen LogP contribution in [0.15, 0.2) is 303 Å². The average molecular weight is 1240 g/mol. The number of aromatic nitrogens is 7. The zero-order chi connectivity index (χ0) is 62.4. The summed E-state index contributed by atoms with van der Waals surface area (Å²) in [6.07, 6.45) is 1.03. The van der Waals surface area contributed by atoms with Crippen LogP contribution in [0.1, 0.15) is 38.5 Å². The van der Waals surface area contributed by atoms with Crippen molar-refractivity contribution in [1.29, 1.82) is 10.5 Å². The molecule has 454 valence electrons. The summed E-state index contributed by atoms with van der Waals surface area (Å²) in [7, 11) is 0. The molecule has 0 unspecified atom stereocenters. The minimum atomic E-state index is 0. The highest BCUT2D eigenvalue weighted by Crippen LogP contribution is 2.47. The van der Waals surface area contributed by atoms with Crippen LogP contribution in [0.4, 0.5) is 0 Å². The van der Waals surface area contributed by atoms with Gasteiger partial charge in [0, 0.05) is 67.4 Å². The maximum Gasteiger partial charge on any atom is 0.162 e. The van der Waals surface area contributed by atoms with Gasteiger partial charge in [-0.1, -0.05) is 269 Å². The number of para-hydroxylation sites is 5. The quantitative estimate of drug-likeness (QED) is 0.147. The Hall–Kier alpha value is -12.5. The van der Waals surface area contributed by atoms with Crippen LogP contribution < -0.4 is 0 Å². The largest absolute Gasteiger partial charge is 0.309 e. The molecular formula is C85H62ClN9. The molecule has 0 radical (unpaired) electrons. The van der Waals surface area contributed by atoms with Crippen molar-refractivity contribution in [2.45, 2.75) is 21.3 Å². The Kier molecular flexibility index (Phi) is 16.2. The molecule has 0 atom stereocenters. The highest BCUT2D eigenvalue weighted by atomic mass is 35.5. The summed E-state index contributed by atoms with van der Waals surface area (Å²) >= 11 is 6.16. The van der Waals surface area contributed by atoms with Crippen molar-refractivity contribution in [3.63, 3.8) is 0 Å². The van der Waals surface area contributed by atoms with Crippen molar-refractivity contribution in [3.05, 3.63) is 331 Å². The van der Waals surface area contributed by atoms with E-state index in [1.165, 1.54) is 60.5 Å². The van der Waals surface area contributed by atoms with Gasteiger partial charge in [-0.3, -0.25) is 4.57 Å². The molecule has 0 bridgehead atoms. The van der Waals surface area contributed by atoms with Gasteiger partial charge in [-0.15, -0.1) is 0 Å². The van der Waals surface area contributed by atoms with E-state index in [0.717, 1.165) is 67.2 Å². The van der Waals surface area contributed by atoms with Gasteiger partial charge >= 0.3 is 0 Å². The number of hydrogen-bond acceptors (Lipinski definition) is 6. The molecule has 0 spiro atoms. The summed E-state index contributed by atoms with van der Waals surface area (Å²) in [5.74, 6) is 1.65. The van der Waals surface area contributed by atoms with E-state index in [9.17, 15) is 10.5 Å². The summed E-state index contributed by atoms with van der Waals surface area (Å²) in [6.45, 7) is 0. The number of benzene rings is 12. The van der Waals surface area contributed by atoms with E-state index < -0.39 is 0 Å². The van der Waals surface area contributed by atoms with Crippen molar-refractivity contribution < 1.29 is 1.43 Å². The van der Waals surface area contributed by atoms with Crippen LogP contribution in [0.25, 0.3) is 139 Å². The lowest BCUT2D eigenvalue weighted by Crippen LogP contribution is -2.07.